The van der Waals surface area contributed by atoms with Crippen LogP contribution in [0.3, 0.4) is 0 Å². The SMILES string of the molecule is CC1(O)[C@@H]2CC[C@H]1CN(c1nc3c(cnn3-c3cnn(C45CC(C4)C5)c3)cc1Cl)C2. The summed E-state index contributed by atoms with van der Waals surface area (Å²) < 4.78 is 4.01. The van der Waals surface area contributed by atoms with E-state index in [1.54, 1.807) is 0 Å². The lowest BCUT2D eigenvalue weighted by atomic mass is 9.50. The number of anilines is 1. The van der Waals surface area contributed by atoms with Crippen molar-refractivity contribution in [2.45, 2.75) is 50.2 Å². The Bertz CT molecular complexity index is 1150. The Kier molecular flexibility index (Phi) is 3.26. The maximum Gasteiger partial charge on any atom is 0.165 e. The molecule has 0 spiro atoms. The average molecular weight is 425 g/mol. The molecule has 7 nitrogen and oxygen atoms in total. The Labute approximate surface area is 179 Å². The molecular formula is C22H25ClN6O. The van der Waals surface area contributed by atoms with E-state index < -0.39 is 5.60 Å². The number of aromatic nitrogens is 5. The first-order valence-corrected chi connectivity index (χ1v) is 11.4. The van der Waals surface area contributed by atoms with Crippen LogP contribution >= 0.6 is 11.6 Å². The minimum Gasteiger partial charge on any atom is -0.389 e. The van der Waals surface area contributed by atoms with E-state index in [2.05, 4.69) is 26.0 Å². The lowest BCUT2D eigenvalue weighted by molar-refractivity contribution is -0.0977. The molecule has 5 aliphatic rings. The first-order chi connectivity index (χ1) is 14.4. The molecule has 3 aromatic rings. The van der Waals surface area contributed by atoms with Crippen molar-refractivity contribution in [3.05, 3.63) is 29.7 Å². The lowest BCUT2D eigenvalue weighted by Crippen LogP contribution is -2.59. The molecule has 3 atom stereocenters. The Morgan fingerprint density at radius 3 is 2.50 bits per heavy atom. The molecule has 4 saturated carbocycles. The van der Waals surface area contributed by atoms with Crippen molar-refractivity contribution in [3.8, 4) is 5.69 Å². The van der Waals surface area contributed by atoms with Crippen molar-refractivity contribution in [2.75, 3.05) is 18.0 Å². The topological polar surface area (TPSA) is 72.0 Å². The van der Waals surface area contributed by atoms with Gasteiger partial charge in [-0.2, -0.15) is 10.2 Å². The van der Waals surface area contributed by atoms with Gasteiger partial charge in [0, 0.05) is 30.3 Å². The normalized spacial score (nSPS) is 36.8. The highest BCUT2D eigenvalue weighted by atomic mass is 35.5. The summed E-state index contributed by atoms with van der Waals surface area (Å²) in [5.74, 6) is 2.24. The second kappa shape index (κ2) is 5.56. The quantitative estimate of drug-likeness (QED) is 0.697. The second-order valence-corrected chi connectivity index (χ2v) is 10.6. The zero-order chi connectivity index (χ0) is 20.3. The summed E-state index contributed by atoms with van der Waals surface area (Å²) in [5, 5.41) is 21.6. The van der Waals surface area contributed by atoms with Gasteiger partial charge in [0.1, 0.15) is 11.5 Å². The largest absolute Gasteiger partial charge is 0.389 e. The maximum absolute atomic E-state index is 10.8. The molecule has 1 N–H and O–H groups in total. The van der Waals surface area contributed by atoms with Crippen LogP contribution in [0.1, 0.15) is 39.0 Å². The Balaban J connectivity index is 1.26. The third kappa shape index (κ3) is 2.17. The summed E-state index contributed by atoms with van der Waals surface area (Å²) in [7, 11) is 0. The molecular weight excluding hydrogens is 400 g/mol. The number of aliphatic hydroxyl groups is 1. The Morgan fingerprint density at radius 1 is 1.10 bits per heavy atom. The monoisotopic (exact) mass is 424 g/mol. The van der Waals surface area contributed by atoms with Gasteiger partial charge < -0.3 is 10.0 Å². The molecule has 0 aromatic carbocycles. The minimum atomic E-state index is -0.578. The highest BCUT2D eigenvalue weighted by Gasteiger charge is 2.58. The van der Waals surface area contributed by atoms with Crippen LogP contribution < -0.4 is 4.90 Å². The van der Waals surface area contributed by atoms with Crippen molar-refractivity contribution in [2.24, 2.45) is 17.8 Å². The van der Waals surface area contributed by atoms with Gasteiger partial charge in [0.2, 0.25) is 0 Å². The average Bonchev–Trinajstić information content (AvgIpc) is 3.26. The summed E-state index contributed by atoms with van der Waals surface area (Å²) in [6.07, 6.45) is 11.7. The van der Waals surface area contributed by atoms with Crippen molar-refractivity contribution in [1.82, 2.24) is 24.5 Å². The first kappa shape index (κ1) is 17.5. The highest BCUT2D eigenvalue weighted by molar-refractivity contribution is 6.33. The third-order valence-electron chi connectivity index (χ3n) is 8.48. The number of pyridine rings is 1. The zero-order valence-electron chi connectivity index (χ0n) is 17.0. The van der Waals surface area contributed by atoms with E-state index in [1.807, 2.05) is 30.1 Å². The van der Waals surface area contributed by atoms with E-state index in [0.29, 0.717) is 5.02 Å². The van der Waals surface area contributed by atoms with Crippen LogP contribution in [0.5, 0.6) is 0 Å². The van der Waals surface area contributed by atoms with Gasteiger partial charge in [-0.25, -0.2) is 9.67 Å². The van der Waals surface area contributed by atoms with Crippen molar-refractivity contribution in [1.29, 1.82) is 0 Å². The van der Waals surface area contributed by atoms with Gasteiger partial charge in [-0.05, 0) is 51.0 Å². The van der Waals surface area contributed by atoms with E-state index in [4.69, 9.17) is 16.6 Å². The highest BCUT2D eigenvalue weighted by Crippen LogP contribution is 2.62. The minimum absolute atomic E-state index is 0.262. The molecule has 4 heterocycles. The van der Waals surface area contributed by atoms with Gasteiger partial charge in [0.15, 0.2) is 5.65 Å². The third-order valence-corrected chi connectivity index (χ3v) is 8.76. The predicted molar refractivity (Wildman–Crippen MR) is 114 cm³/mol. The molecule has 0 radical (unpaired) electrons. The number of fused-ring (bicyclic) bond motifs is 3. The Morgan fingerprint density at radius 2 is 1.83 bits per heavy atom. The number of hydrogen-bond donors (Lipinski definition) is 1. The number of rotatable bonds is 3. The van der Waals surface area contributed by atoms with Crippen molar-refractivity contribution in [3.63, 3.8) is 0 Å². The molecule has 1 aliphatic heterocycles. The fourth-order valence-electron chi connectivity index (χ4n) is 6.38. The van der Waals surface area contributed by atoms with E-state index in [9.17, 15) is 5.11 Å². The van der Waals surface area contributed by atoms with Gasteiger partial charge in [-0.15, -0.1) is 0 Å². The summed E-state index contributed by atoms with van der Waals surface area (Å²) in [4.78, 5) is 7.23. The molecule has 4 aliphatic carbocycles. The Hall–Kier alpha value is -2.12. The van der Waals surface area contributed by atoms with Crippen molar-refractivity contribution < 1.29 is 5.11 Å². The molecule has 30 heavy (non-hydrogen) atoms. The fraction of sp³-hybridized carbons (Fsp3) is 0.591. The van der Waals surface area contributed by atoms with Crippen LogP contribution in [-0.2, 0) is 5.54 Å². The standard InChI is InChI=1S/C22H25ClN6O/c1-21(30)15-2-3-16(21)11-27(10-15)20-18(23)4-14-8-25-29(19(14)26-20)17-9-24-28(12-17)22-5-13(6-22)7-22/h4,8-9,12-13,15-16,30H,2-3,5-7,10-11H2,1H3/t13?,15-,16+,21?,22?. The van der Waals surface area contributed by atoms with Crippen molar-refractivity contribution >= 4 is 28.5 Å². The van der Waals surface area contributed by atoms with Crippen LogP contribution in [0.2, 0.25) is 5.02 Å². The number of halogens is 1. The molecule has 8 heteroatoms. The van der Waals surface area contributed by atoms with E-state index >= 15 is 0 Å². The number of hydrogen-bond acceptors (Lipinski definition) is 5. The fourth-order valence-corrected chi connectivity index (χ4v) is 6.66. The van der Waals surface area contributed by atoms with E-state index in [-0.39, 0.29) is 17.4 Å². The first-order valence-electron chi connectivity index (χ1n) is 11.0. The van der Waals surface area contributed by atoms with Crippen LogP contribution in [0.25, 0.3) is 16.7 Å². The number of piperidine rings is 1. The second-order valence-electron chi connectivity index (χ2n) is 10.2. The van der Waals surface area contributed by atoms with Gasteiger partial charge >= 0.3 is 0 Å². The van der Waals surface area contributed by atoms with Crippen LogP contribution in [0, 0.1) is 17.8 Å². The van der Waals surface area contributed by atoms with Crippen LogP contribution in [0.15, 0.2) is 24.7 Å². The lowest BCUT2D eigenvalue weighted by Gasteiger charge is -2.61. The molecule has 5 fully saturated rings. The molecule has 156 valence electrons. The van der Waals surface area contributed by atoms with Crippen LogP contribution in [-0.4, -0.2) is 48.3 Å². The molecule has 1 unspecified atom stereocenters. The van der Waals surface area contributed by atoms with E-state index in [0.717, 1.165) is 54.4 Å². The molecule has 4 bridgehead atoms. The summed E-state index contributed by atoms with van der Waals surface area (Å²) in [5.41, 5.74) is 1.43. The smallest absolute Gasteiger partial charge is 0.165 e. The summed E-state index contributed by atoms with van der Waals surface area (Å²) in [6.45, 7) is 3.57. The molecule has 8 rings (SSSR count). The van der Waals surface area contributed by atoms with Crippen LogP contribution in [0.4, 0.5) is 5.82 Å². The predicted octanol–water partition coefficient (Wildman–Crippen LogP) is 3.38. The van der Waals surface area contributed by atoms with Gasteiger partial charge in [-0.3, -0.25) is 4.68 Å². The van der Waals surface area contributed by atoms with Gasteiger partial charge in [0.05, 0.1) is 34.8 Å². The molecule has 1 saturated heterocycles. The molecule has 0 amide bonds. The van der Waals surface area contributed by atoms with Gasteiger partial charge in [-0.1, -0.05) is 11.6 Å². The van der Waals surface area contributed by atoms with Gasteiger partial charge in [0.25, 0.3) is 0 Å². The summed E-state index contributed by atoms with van der Waals surface area (Å²) >= 11 is 6.65. The zero-order valence-corrected chi connectivity index (χ0v) is 17.8. The maximum atomic E-state index is 10.8. The number of nitrogens with zero attached hydrogens (tertiary/aromatic N) is 6. The molecule has 3 aromatic heterocycles. The van der Waals surface area contributed by atoms with E-state index in [1.165, 1.54) is 19.3 Å². The summed E-state index contributed by atoms with van der Waals surface area (Å²) in [6, 6.07) is 1.96.